The van der Waals surface area contributed by atoms with Crippen LogP contribution in [0.5, 0.6) is 0 Å². The summed E-state index contributed by atoms with van der Waals surface area (Å²) < 4.78 is 4.29. The molecule has 0 aliphatic rings. The third kappa shape index (κ3) is 5.11. The van der Waals surface area contributed by atoms with E-state index in [1.54, 1.807) is 6.07 Å². The average Bonchev–Trinajstić information content (AvgIpc) is 2.43. The molecule has 0 saturated heterocycles. The minimum Gasteiger partial charge on any atom is -0.405 e. The van der Waals surface area contributed by atoms with E-state index in [2.05, 4.69) is 4.74 Å². The van der Waals surface area contributed by atoms with Crippen molar-refractivity contribution in [3.05, 3.63) is 47.5 Å². The average molecular weight is 324 g/mol. The Balaban J connectivity index is 3.58. The van der Waals surface area contributed by atoms with Gasteiger partial charge in [-0.3, -0.25) is 0 Å². The molecule has 1 rings (SSSR count). The number of hydrogen-bond donors (Lipinski definition) is 5. The Hall–Kier alpha value is -2.32. The van der Waals surface area contributed by atoms with Crippen LogP contribution in [0.4, 0.5) is 0 Å². The predicted molar refractivity (Wildman–Crippen MR) is 76.8 cm³/mol. The van der Waals surface area contributed by atoms with Gasteiger partial charge in [0.2, 0.25) is 5.79 Å². The first-order valence-electron chi connectivity index (χ1n) is 6.37. The summed E-state index contributed by atoms with van der Waals surface area (Å²) in [5, 5.41) is 47.6. The fourth-order valence-corrected chi connectivity index (χ4v) is 1.85. The van der Waals surface area contributed by atoms with Crippen molar-refractivity contribution >= 4 is 17.5 Å². The van der Waals surface area contributed by atoms with Crippen molar-refractivity contribution in [1.82, 2.24) is 0 Å². The van der Waals surface area contributed by atoms with E-state index in [0.29, 0.717) is 6.08 Å². The van der Waals surface area contributed by atoms with Crippen LogP contribution in [0, 0.1) is 0 Å². The molecule has 0 amide bonds. The van der Waals surface area contributed by atoms with Crippen LogP contribution in [-0.4, -0.2) is 55.8 Å². The van der Waals surface area contributed by atoms with E-state index in [1.165, 1.54) is 30.2 Å². The van der Waals surface area contributed by atoms with E-state index < -0.39 is 35.5 Å². The molecule has 5 N–H and O–H groups in total. The van der Waals surface area contributed by atoms with Crippen LogP contribution in [0.15, 0.2) is 42.0 Å². The second-order valence-electron chi connectivity index (χ2n) is 4.69. The normalized spacial score (nSPS) is 13.0. The van der Waals surface area contributed by atoms with Crippen LogP contribution in [0.1, 0.15) is 12.5 Å². The number of esters is 1. The molecule has 1 aromatic carbocycles. The molecule has 0 fully saturated rings. The highest BCUT2D eigenvalue weighted by atomic mass is 16.8. The van der Waals surface area contributed by atoms with Crippen molar-refractivity contribution < 1.29 is 39.9 Å². The minimum atomic E-state index is -2.94. The maximum Gasteiger partial charge on any atom is 0.341 e. The van der Waals surface area contributed by atoms with Crippen LogP contribution < -0.4 is 0 Å². The summed E-state index contributed by atoms with van der Waals surface area (Å²) >= 11 is 0. The molecule has 0 bridgehead atoms. The van der Waals surface area contributed by atoms with E-state index in [0.717, 1.165) is 6.92 Å². The van der Waals surface area contributed by atoms with Gasteiger partial charge in [-0.1, -0.05) is 30.3 Å². The second kappa shape index (κ2) is 7.30. The van der Waals surface area contributed by atoms with Gasteiger partial charge in [-0.15, -0.1) is 0 Å². The van der Waals surface area contributed by atoms with Crippen molar-refractivity contribution in [2.45, 2.75) is 18.7 Å². The molecule has 0 radical (unpaired) electrons. The summed E-state index contributed by atoms with van der Waals surface area (Å²) in [5.41, 5.74) is -1.15. The zero-order valence-electron chi connectivity index (χ0n) is 12.1. The lowest BCUT2D eigenvalue weighted by Gasteiger charge is -2.24. The van der Waals surface area contributed by atoms with E-state index in [-0.39, 0.29) is 5.56 Å². The molecule has 124 valence electrons. The first-order chi connectivity index (χ1) is 10.6. The highest BCUT2D eigenvalue weighted by Crippen LogP contribution is 2.30. The molecule has 1 aromatic rings. The number of carbonyl (C=O) groups excluding carboxylic acids is 2. The molecule has 23 heavy (non-hydrogen) atoms. The van der Waals surface area contributed by atoms with E-state index in [1.807, 2.05) is 0 Å². The summed E-state index contributed by atoms with van der Waals surface area (Å²) in [5.74, 6) is -6.01. The summed E-state index contributed by atoms with van der Waals surface area (Å²) in [6, 6.07) is 7.41. The van der Waals surface area contributed by atoms with Crippen LogP contribution >= 0.6 is 0 Å². The van der Waals surface area contributed by atoms with Crippen LogP contribution in [0.3, 0.4) is 0 Å². The standard InChI is InChI=1S/C15H16O8/c1-14(19,20)23-13(18)11(9-17)12(15(21,22)7-8-16)10-5-3-2-4-6-10/h2-7,17,19-22H,9H2,1H3/b12-11-. The number of ether oxygens (including phenoxy) is 1. The quantitative estimate of drug-likeness (QED) is 0.188. The molecule has 0 aromatic heterocycles. The van der Waals surface area contributed by atoms with Crippen LogP contribution in [0.25, 0.3) is 5.57 Å². The van der Waals surface area contributed by atoms with Gasteiger partial charge in [0.1, 0.15) is 5.94 Å². The SMILES string of the molecule is CC(O)(O)OC(=O)/C(CO)=C(/c1ccccc1)C(O)(O)C=C=O. The Bertz CT molecular complexity index is 633. The van der Waals surface area contributed by atoms with Crippen molar-refractivity contribution in [3.63, 3.8) is 0 Å². The first-order valence-corrected chi connectivity index (χ1v) is 6.37. The largest absolute Gasteiger partial charge is 0.405 e. The molecule has 0 atom stereocenters. The van der Waals surface area contributed by atoms with Gasteiger partial charge >= 0.3 is 11.9 Å². The van der Waals surface area contributed by atoms with Gasteiger partial charge in [0.15, 0.2) is 0 Å². The third-order valence-electron chi connectivity index (χ3n) is 2.68. The molecule has 0 heterocycles. The van der Waals surface area contributed by atoms with Crippen LogP contribution in [0.2, 0.25) is 0 Å². The highest BCUT2D eigenvalue weighted by Gasteiger charge is 2.35. The van der Waals surface area contributed by atoms with Crippen molar-refractivity contribution in [1.29, 1.82) is 0 Å². The first kappa shape index (κ1) is 18.7. The fourth-order valence-electron chi connectivity index (χ4n) is 1.85. The van der Waals surface area contributed by atoms with E-state index in [4.69, 9.17) is 10.2 Å². The lowest BCUT2D eigenvalue weighted by atomic mass is 9.92. The zero-order valence-corrected chi connectivity index (χ0v) is 12.1. The molecule has 0 saturated carbocycles. The minimum absolute atomic E-state index is 0.0857. The van der Waals surface area contributed by atoms with Gasteiger partial charge < -0.3 is 30.3 Å². The Kier molecular flexibility index (Phi) is 5.94. The maximum atomic E-state index is 12.0. The molecule has 8 nitrogen and oxygen atoms in total. The van der Waals surface area contributed by atoms with Crippen molar-refractivity contribution in [2.75, 3.05) is 6.61 Å². The maximum absolute atomic E-state index is 12.0. The van der Waals surface area contributed by atoms with Gasteiger partial charge in [0, 0.05) is 12.5 Å². The Morgan fingerprint density at radius 1 is 1.22 bits per heavy atom. The van der Waals surface area contributed by atoms with E-state index >= 15 is 0 Å². The molecule has 0 spiro atoms. The number of hydrogen-bond acceptors (Lipinski definition) is 8. The smallest absolute Gasteiger partial charge is 0.341 e. The lowest BCUT2D eigenvalue weighted by molar-refractivity contribution is -0.305. The number of carbonyl (C=O) groups is 1. The molecule has 0 unspecified atom stereocenters. The third-order valence-corrected chi connectivity index (χ3v) is 2.68. The summed E-state index contributed by atoms with van der Waals surface area (Å²) in [7, 11) is 0. The molecule has 0 aliphatic carbocycles. The van der Waals surface area contributed by atoms with Gasteiger partial charge in [-0.05, 0) is 5.56 Å². The molecule has 8 heteroatoms. The zero-order chi connectivity index (χ0) is 17.7. The van der Waals surface area contributed by atoms with Crippen molar-refractivity contribution in [3.8, 4) is 0 Å². The monoisotopic (exact) mass is 324 g/mol. The van der Waals surface area contributed by atoms with Gasteiger partial charge in [0.25, 0.3) is 0 Å². The van der Waals surface area contributed by atoms with Gasteiger partial charge in [0.05, 0.1) is 18.3 Å². The van der Waals surface area contributed by atoms with Gasteiger partial charge in [-0.2, -0.15) is 0 Å². The summed E-state index contributed by atoms with van der Waals surface area (Å²) in [4.78, 5) is 22.4. The van der Waals surface area contributed by atoms with Crippen LogP contribution in [-0.2, 0) is 14.3 Å². The molecular formula is C15H16O8. The Morgan fingerprint density at radius 2 is 1.78 bits per heavy atom. The number of aliphatic hydroxyl groups is 5. The number of rotatable bonds is 6. The predicted octanol–water partition coefficient (Wildman–Crippen LogP) is -1.30. The number of benzene rings is 1. The number of aliphatic hydroxyl groups excluding tert-OH is 1. The summed E-state index contributed by atoms with van der Waals surface area (Å²) in [6.45, 7) is -0.271. The summed E-state index contributed by atoms with van der Waals surface area (Å²) in [6.07, 6.45) is 0.329. The molecular weight excluding hydrogens is 308 g/mol. The topological polar surface area (TPSA) is 145 Å². The lowest BCUT2D eigenvalue weighted by Crippen LogP contribution is -2.35. The van der Waals surface area contributed by atoms with Gasteiger partial charge in [-0.25, -0.2) is 9.59 Å². The fraction of sp³-hybridized carbons (Fsp3) is 0.267. The molecule has 0 aliphatic heterocycles. The van der Waals surface area contributed by atoms with E-state index in [9.17, 15) is 24.9 Å². The Labute approximate surface area is 131 Å². The second-order valence-corrected chi connectivity index (χ2v) is 4.69. The Morgan fingerprint density at radius 3 is 2.22 bits per heavy atom. The van der Waals surface area contributed by atoms with Crippen molar-refractivity contribution in [2.24, 2.45) is 0 Å². The highest BCUT2D eigenvalue weighted by molar-refractivity contribution is 6.00.